The van der Waals surface area contributed by atoms with Crippen LogP contribution in [0.5, 0.6) is 0 Å². The molecule has 0 aliphatic carbocycles. The third kappa shape index (κ3) is 66.4. The van der Waals surface area contributed by atoms with Gasteiger partial charge < -0.3 is 14.2 Å². The highest BCUT2D eigenvalue weighted by atomic mass is 16.6. The molecule has 0 heterocycles. The number of carbonyl (C=O) groups excluding carboxylic acids is 3. The number of unbranched alkanes of at least 4 members (excludes halogenated alkanes) is 28. The summed E-state index contributed by atoms with van der Waals surface area (Å²) in [6, 6.07) is 0. The molecule has 0 N–H and O–H groups in total. The maximum atomic E-state index is 12.9. The maximum Gasteiger partial charge on any atom is 0.306 e. The Kier molecular flexibility index (Phi) is 65.3. The lowest BCUT2D eigenvalue weighted by atomic mass is 10.1. The van der Waals surface area contributed by atoms with Gasteiger partial charge in [0.2, 0.25) is 0 Å². The van der Waals surface area contributed by atoms with Crippen LogP contribution in [0.25, 0.3) is 0 Å². The third-order valence-corrected chi connectivity index (χ3v) is 14.4. The molecular formula is C76H126O6. The Morgan fingerprint density at radius 2 is 0.476 bits per heavy atom. The van der Waals surface area contributed by atoms with Crippen LogP contribution in [0.3, 0.4) is 0 Å². The topological polar surface area (TPSA) is 78.9 Å². The van der Waals surface area contributed by atoms with Gasteiger partial charge in [-0.3, -0.25) is 14.4 Å². The van der Waals surface area contributed by atoms with Crippen molar-refractivity contribution in [2.45, 2.75) is 316 Å². The van der Waals surface area contributed by atoms with Crippen molar-refractivity contribution in [3.63, 3.8) is 0 Å². The van der Waals surface area contributed by atoms with Crippen LogP contribution >= 0.6 is 0 Å². The van der Waals surface area contributed by atoms with Crippen LogP contribution in [-0.4, -0.2) is 37.2 Å². The Morgan fingerprint density at radius 3 is 0.780 bits per heavy atom. The van der Waals surface area contributed by atoms with Crippen LogP contribution in [0, 0.1) is 0 Å². The Balaban J connectivity index is 4.47. The summed E-state index contributed by atoms with van der Waals surface area (Å²) in [7, 11) is 0. The number of ether oxygens (including phenoxy) is 3. The second kappa shape index (κ2) is 69.0. The molecule has 0 aromatic rings. The van der Waals surface area contributed by atoms with Gasteiger partial charge >= 0.3 is 17.9 Å². The first kappa shape index (κ1) is 77.5. The van der Waals surface area contributed by atoms with Crippen molar-refractivity contribution in [3.05, 3.63) is 134 Å². The van der Waals surface area contributed by atoms with Crippen molar-refractivity contribution in [2.24, 2.45) is 0 Å². The van der Waals surface area contributed by atoms with Crippen LogP contribution in [0.1, 0.15) is 310 Å². The molecular weight excluding hydrogens is 1010 g/mol. The zero-order chi connectivity index (χ0) is 59.2. The van der Waals surface area contributed by atoms with E-state index in [2.05, 4.69) is 154 Å². The van der Waals surface area contributed by atoms with Crippen LogP contribution in [0.2, 0.25) is 0 Å². The summed E-state index contributed by atoms with van der Waals surface area (Å²) < 4.78 is 16.9. The quantitative estimate of drug-likeness (QED) is 0.0261. The standard InChI is InChI=1S/C76H126O6/c1-4-7-10-13-16-19-22-25-28-31-34-36-37-38-39-41-42-45-48-51-54-57-60-63-66-69-75(78)81-72-73(71-80-74(77)68-65-62-59-56-53-50-47-44-33-30-27-24-21-18-15-12-9-6-3)82-76(79)70-67-64-61-58-55-52-49-46-43-40-35-32-29-26-23-20-17-14-11-8-5-2/h8,11,17,20-22,24-26,29-31,33-35,37-38,40,46,49,55,58,73H,4-7,9-10,12-16,18-19,23,27-28,32,36,39,41-45,47-48,50-54,56-57,59-72H2,1-3H3/b11-8-,20-17-,24-21-,25-22-,29-26-,33-30-,34-31-,38-37-,40-35-,49-46-,58-55-. The van der Waals surface area contributed by atoms with Crippen molar-refractivity contribution >= 4 is 17.9 Å². The summed E-state index contributed by atoms with van der Waals surface area (Å²) in [6.45, 7) is 6.47. The Labute approximate surface area is 506 Å². The summed E-state index contributed by atoms with van der Waals surface area (Å²) in [6.07, 6.45) is 97.4. The fourth-order valence-corrected chi connectivity index (χ4v) is 9.25. The average molecular weight is 1140 g/mol. The van der Waals surface area contributed by atoms with Crippen molar-refractivity contribution in [3.8, 4) is 0 Å². The van der Waals surface area contributed by atoms with Gasteiger partial charge in [0, 0.05) is 19.3 Å². The van der Waals surface area contributed by atoms with Crippen LogP contribution < -0.4 is 0 Å². The Bertz CT molecular complexity index is 1730. The van der Waals surface area contributed by atoms with Gasteiger partial charge in [0.05, 0.1) is 0 Å². The van der Waals surface area contributed by atoms with Gasteiger partial charge in [0.1, 0.15) is 13.2 Å². The molecule has 0 aromatic carbocycles. The number of esters is 3. The summed E-state index contributed by atoms with van der Waals surface area (Å²) >= 11 is 0. The van der Waals surface area contributed by atoms with E-state index >= 15 is 0 Å². The van der Waals surface area contributed by atoms with E-state index in [4.69, 9.17) is 14.2 Å². The Morgan fingerprint density at radius 1 is 0.256 bits per heavy atom. The molecule has 466 valence electrons. The summed E-state index contributed by atoms with van der Waals surface area (Å²) in [5.41, 5.74) is 0. The van der Waals surface area contributed by atoms with Crippen LogP contribution in [-0.2, 0) is 28.6 Å². The molecule has 0 bridgehead atoms. The van der Waals surface area contributed by atoms with E-state index < -0.39 is 6.10 Å². The molecule has 0 spiro atoms. The molecule has 0 amide bonds. The van der Waals surface area contributed by atoms with Crippen molar-refractivity contribution in [1.82, 2.24) is 0 Å². The first-order valence-electron chi connectivity index (χ1n) is 34.2. The van der Waals surface area contributed by atoms with Gasteiger partial charge in [-0.05, 0) is 141 Å². The fraction of sp³-hybridized carbons (Fsp3) is 0.671. The zero-order valence-electron chi connectivity index (χ0n) is 53.5. The molecule has 0 aliphatic rings. The van der Waals surface area contributed by atoms with E-state index in [1.807, 2.05) is 0 Å². The van der Waals surface area contributed by atoms with E-state index in [1.165, 1.54) is 148 Å². The molecule has 6 heteroatoms. The van der Waals surface area contributed by atoms with Crippen molar-refractivity contribution in [2.75, 3.05) is 13.2 Å². The van der Waals surface area contributed by atoms with E-state index in [1.54, 1.807) is 0 Å². The summed E-state index contributed by atoms with van der Waals surface area (Å²) in [5.74, 6) is -0.953. The van der Waals surface area contributed by atoms with E-state index in [0.29, 0.717) is 19.3 Å². The second-order valence-corrected chi connectivity index (χ2v) is 22.3. The van der Waals surface area contributed by atoms with E-state index in [0.717, 1.165) is 116 Å². The smallest absolute Gasteiger partial charge is 0.306 e. The van der Waals surface area contributed by atoms with E-state index in [9.17, 15) is 14.4 Å². The molecule has 0 saturated carbocycles. The van der Waals surface area contributed by atoms with Crippen LogP contribution in [0.4, 0.5) is 0 Å². The lowest BCUT2D eigenvalue weighted by Crippen LogP contribution is -2.30. The Hall–Kier alpha value is -4.45. The number of hydrogen-bond acceptors (Lipinski definition) is 6. The maximum absolute atomic E-state index is 12.9. The van der Waals surface area contributed by atoms with Gasteiger partial charge in [-0.15, -0.1) is 0 Å². The molecule has 0 rings (SSSR count). The minimum Gasteiger partial charge on any atom is -0.462 e. The molecule has 82 heavy (non-hydrogen) atoms. The van der Waals surface area contributed by atoms with Gasteiger partial charge in [-0.25, -0.2) is 0 Å². The number of allylic oxidation sites excluding steroid dienone is 22. The van der Waals surface area contributed by atoms with Crippen molar-refractivity contribution in [1.29, 1.82) is 0 Å². The zero-order valence-corrected chi connectivity index (χ0v) is 53.5. The molecule has 1 atom stereocenters. The highest BCUT2D eigenvalue weighted by molar-refractivity contribution is 5.71. The average Bonchev–Trinajstić information content (AvgIpc) is 3.47. The first-order valence-corrected chi connectivity index (χ1v) is 34.2. The monoisotopic (exact) mass is 1130 g/mol. The van der Waals surface area contributed by atoms with Gasteiger partial charge in [-0.2, -0.15) is 0 Å². The molecule has 0 radical (unpaired) electrons. The molecule has 0 saturated heterocycles. The molecule has 0 aliphatic heterocycles. The van der Waals surface area contributed by atoms with Gasteiger partial charge in [-0.1, -0.05) is 283 Å². The third-order valence-electron chi connectivity index (χ3n) is 14.4. The summed E-state index contributed by atoms with van der Waals surface area (Å²) in [4.78, 5) is 38.4. The highest BCUT2D eigenvalue weighted by Crippen LogP contribution is 2.15. The van der Waals surface area contributed by atoms with Crippen LogP contribution in [0.15, 0.2) is 134 Å². The second-order valence-electron chi connectivity index (χ2n) is 22.3. The van der Waals surface area contributed by atoms with Gasteiger partial charge in [0.25, 0.3) is 0 Å². The predicted octanol–water partition coefficient (Wildman–Crippen LogP) is 23.7. The minimum absolute atomic E-state index is 0.104. The number of hydrogen-bond donors (Lipinski definition) is 0. The molecule has 0 aromatic heterocycles. The minimum atomic E-state index is -0.814. The normalized spacial score (nSPS) is 13.0. The molecule has 1 unspecified atom stereocenters. The molecule has 6 nitrogen and oxygen atoms in total. The SMILES string of the molecule is CC/C=C\C/C=C\C/C=C\C/C=C\C/C=C\C/C=C\CCCCC(=O)OC(COC(=O)CCCCCCCCC/C=C\C/C=C\CCCCCC)COC(=O)CCCCCCCCCCCC/C=C\C/C=C\C/C=C\CCCCCCC. The number of carbonyl (C=O) groups is 3. The summed E-state index contributed by atoms with van der Waals surface area (Å²) in [5, 5.41) is 0. The largest absolute Gasteiger partial charge is 0.462 e. The fourth-order valence-electron chi connectivity index (χ4n) is 9.25. The highest BCUT2D eigenvalue weighted by Gasteiger charge is 2.19. The first-order chi connectivity index (χ1) is 40.5. The number of rotatable bonds is 61. The predicted molar refractivity (Wildman–Crippen MR) is 357 cm³/mol. The van der Waals surface area contributed by atoms with Crippen molar-refractivity contribution < 1.29 is 28.6 Å². The van der Waals surface area contributed by atoms with Gasteiger partial charge in [0.15, 0.2) is 6.10 Å². The molecule has 0 fully saturated rings. The lowest BCUT2D eigenvalue weighted by Gasteiger charge is -2.18. The van der Waals surface area contributed by atoms with E-state index in [-0.39, 0.29) is 37.5 Å². The lowest BCUT2D eigenvalue weighted by molar-refractivity contribution is -0.167.